The molecule has 0 amide bonds. The van der Waals surface area contributed by atoms with Crippen LogP contribution in [0.3, 0.4) is 0 Å². The minimum absolute atomic E-state index is 0.484. The number of aryl methyl sites for hydroxylation is 1. The van der Waals surface area contributed by atoms with Gasteiger partial charge in [0, 0.05) is 22.6 Å². The SMILES string of the molecule is C=C(C)c1ccccc1CC[C@@H](SCC1CC1)c1cccc(C=Cc2ccc3ccc(Cl)cc3n2)c1.CC(=O)O. The van der Waals surface area contributed by atoms with Gasteiger partial charge < -0.3 is 5.11 Å². The van der Waals surface area contributed by atoms with E-state index in [-0.39, 0.29) is 0 Å². The predicted octanol–water partition coefficient (Wildman–Crippen LogP) is 10.00. The van der Waals surface area contributed by atoms with Crippen LogP contribution in [0.25, 0.3) is 28.6 Å². The maximum Gasteiger partial charge on any atom is 0.300 e. The molecule has 5 heteroatoms. The Morgan fingerprint density at radius 2 is 1.80 bits per heavy atom. The molecule has 0 spiro atoms. The van der Waals surface area contributed by atoms with Crippen LogP contribution in [0.1, 0.15) is 66.3 Å². The second kappa shape index (κ2) is 14.3. The number of carbonyl (C=O) groups is 1. The minimum atomic E-state index is -0.833. The molecule has 3 nitrogen and oxygen atoms in total. The van der Waals surface area contributed by atoms with Crippen molar-refractivity contribution in [2.24, 2.45) is 5.92 Å². The fourth-order valence-corrected chi connectivity index (χ4v) is 6.20. The molecule has 0 radical (unpaired) electrons. The number of hydrogen-bond donors (Lipinski definition) is 1. The first kappa shape index (κ1) is 29.6. The quantitative estimate of drug-likeness (QED) is 0.206. The number of aliphatic carboxylic acids is 1. The van der Waals surface area contributed by atoms with E-state index in [4.69, 9.17) is 26.5 Å². The summed E-state index contributed by atoms with van der Waals surface area (Å²) in [6, 6.07) is 27.7. The summed E-state index contributed by atoms with van der Waals surface area (Å²) < 4.78 is 0. The molecular formula is C35H36ClNO2S. The Hall–Kier alpha value is -3.34. The molecule has 1 aliphatic carbocycles. The molecule has 0 unspecified atom stereocenters. The smallest absolute Gasteiger partial charge is 0.300 e. The molecule has 1 atom stereocenters. The highest BCUT2D eigenvalue weighted by Crippen LogP contribution is 2.41. The zero-order chi connectivity index (χ0) is 28.5. The molecule has 1 N–H and O–H groups in total. The highest BCUT2D eigenvalue weighted by Gasteiger charge is 2.24. The lowest BCUT2D eigenvalue weighted by atomic mass is 9.96. The average Bonchev–Trinajstić information content (AvgIpc) is 3.76. The number of benzene rings is 3. The molecule has 4 aromatic rings. The first-order valence-electron chi connectivity index (χ1n) is 13.7. The number of halogens is 1. The fourth-order valence-electron chi connectivity index (χ4n) is 4.57. The van der Waals surface area contributed by atoms with Crippen molar-refractivity contribution in [1.29, 1.82) is 0 Å². The summed E-state index contributed by atoms with van der Waals surface area (Å²) in [6.45, 7) is 7.38. The minimum Gasteiger partial charge on any atom is -0.481 e. The molecule has 5 rings (SSSR count). The van der Waals surface area contributed by atoms with Gasteiger partial charge in [0.15, 0.2) is 0 Å². The molecule has 1 heterocycles. The summed E-state index contributed by atoms with van der Waals surface area (Å²) in [6.07, 6.45) is 9.24. The van der Waals surface area contributed by atoms with Crippen LogP contribution in [-0.4, -0.2) is 21.8 Å². The van der Waals surface area contributed by atoms with Crippen LogP contribution >= 0.6 is 23.4 Å². The monoisotopic (exact) mass is 569 g/mol. The van der Waals surface area contributed by atoms with Gasteiger partial charge in [-0.15, -0.1) is 0 Å². The largest absolute Gasteiger partial charge is 0.481 e. The number of carboxylic acid groups (broad SMARTS) is 1. The van der Waals surface area contributed by atoms with Crippen molar-refractivity contribution < 1.29 is 9.90 Å². The maximum absolute atomic E-state index is 9.00. The Morgan fingerprint density at radius 1 is 1.05 bits per heavy atom. The maximum atomic E-state index is 9.00. The molecule has 1 saturated carbocycles. The molecule has 206 valence electrons. The zero-order valence-electron chi connectivity index (χ0n) is 23.1. The second-order valence-corrected chi connectivity index (χ2v) is 12.0. The first-order chi connectivity index (χ1) is 19.3. The Bertz CT molecular complexity index is 1500. The Balaban J connectivity index is 0.000000867. The van der Waals surface area contributed by atoms with E-state index in [9.17, 15) is 0 Å². The molecular weight excluding hydrogens is 534 g/mol. The molecule has 1 fully saturated rings. The summed E-state index contributed by atoms with van der Waals surface area (Å²) in [5, 5.41) is 9.71. The van der Waals surface area contributed by atoms with Crippen LogP contribution in [0.4, 0.5) is 0 Å². The third-order valence-electron chi connectivity index (χ3n) is 6.79. The van der Waals surface area contributed by atoms with Gasteiger partial charge >= 0.3 is 0 Å². The lowest BCUT2D eigenvalue weighted by Crippen LogP contribution is -2.01. The van der Waals surface area contributed by atoms with E-state index in [1.54, 1.807) is 0 Å². The van der Waals surface area contributed by atoms with Gasteiger partial charge in [0.1, 0.15) is 0 Å². The molecule has 40 heavy (non-hydrogen) atoms. The molecule has 0 aliphatic heterocycles. The van der Waals surface area contributed by atoms with E-state index in [2.05, 4.69) is 98.1 Å². The topological polar surface area (TPSA) is 50.2 Å². The van der Waals surface area contributed by atoms with Crippen LogP contribution in [0.5, 0.6) is 0 Å². The zero-order valence-corrected chi connectivity index (χ0v) is 24.7. The average molecular weight is 570 g/mol. The van der Waals surface area contributed by atoms with Crippen LogP contribution in [0, 0.1) is 5.92 Å². The van der Waals surface area contributed by atoms with Gasteiger partial charge in [-0.2, -0.15) is 11.8 Å². The van der Waals surface area contributed by atoms with Crippen molar-refractivity contribution in [3.8, 4) is 0 Å². The number of carboxylic acids is 1. The van der Waals surface area contributed by atoms with Gasteiger partial charge in [0.25, 0.3) is 5.97 Å². The Kier molecular flexibility index (Phi) is 10.6. The number of pyridine rings is 1. The number of thioether (sulfide) groups is 1. The number of rotatable bonds is 10. The van der Waals surface area contributed by atoms with Crippen LogP contribution in [0.2, 0.25) is 5.02 Å². The molecule has 1 aromatic heterocycles. The number of fused-ring (bicyclic) bond motifs is 1. The summed E-state index contributed by atoms with van der Waals surface area (Å²) in [4.78, 5) is 13.8. The highest BCUT2D eigenvalue weighted by molar-refractivity contribution is 7.99. The van der Waals surface area contributed by atoms with E-state index in [0.29, 0.717) is 10.3 Å². The van der Waals surface area contributed by atoms with E-state index >= 15 is 0 Å². The second-order valence-electron chi connectivity index (χ2n) is 10.3. The van der Waals surface area contributed by atoms with Crippen molar-refractivity contribution in [1.82, 2.24) is 4.98 Å². The Labute approximate surface area is 247 Å². The summed E-state index contributed by atoms with van der Waals surface area (Å²) >= 11 is 8.30. The first-order valence-corrected chi connectivity index (χ1v) is 15.1. The third-order valence-corrected chi connectivity index (χ3v) is 8.60. The number of hydrogen-bond acceptors (Lipinski definition) is 3. The van der Waals surface area contributed by atoms with E-state index in [1.807, 2.05) is 18.2 Å². The summed E-state index contributed by atoms with van der Waals surface area (Å²) in [5.74, 6) is 1.34. The van der Waals surface area contributed by atoms with Gasteiger partial charge in [-0.25, -0.2) is 4.98 Å². The lowest BCUT2D eigenvalue weighted by molar-refractivity contribution is -0.134. The number of nitrogens with zero attached hydrogens (tertiary/aromatic N) is 1. The van der Waals surface area contributed by atoms with E-state index in [1.165, 1.54) is 40.8 Å². The summed E-state index contributed by atoms with van der Waals surface area (Å²) in [5.41, 5.74) is 8.32. The van der Waals surface area contributed by atoms with Crippen LogP contribution in [0.15, 0.2) is 85.4 Å². The van der Waals surface area contributed by atoms with Gasteiger partial charge in [0.05, 0.1) is 11.2 Å². The van der Waals surface area contributed by atoms with E-state index in [0.717, 1.165) is 47.9 Å². The van der Waals surface area contributed by atoms with Crippen molar-refractivity contribution in [2.75, 3.05) is 5.75 Å². The fraction of sp³-hybridized carbons (Fsp3) is 0.257. The highest BCUT2D eigenvalue weighted by atomic mass is 35.5. The Morgan fingerprint density at radius 3 is 2.55 bits per heavy atom. The molecule has 0 saturated heterocycles. The molecule has 0 bridgehead atoms. The number of aromatic nitrogens is 1. The third kappa shape index (κ3) is 9.11. The van der Waals surface area contributed by atoms with Crippen LogP contribution in [-0.2, 0) is 11.2 Å². The normalized spacial score (nSPS) is 13.6. The van der Waals surface area contributed by atoms with Crippen LogP contribution < -0.4 is 0 Å². The van der Waals surface area contributed by atoms with Gasteiger partial charge in [0.2, 0.25) is 0 Å². The number of allylic oxidation sites excluding steroid dienone is 1. The predicted molar refractivity (Wildman–Crippen MR) is 173 cm³/mol. The van der Waals surface area contributed by atoms with Gasteiger partial charge in [-0.05, 0) is 90.8 Å². The van der Waals surface area contributed by atoms with Crippen molar-refractivity contribution >= 4 is 58.0 Å². The summed E-state index contributed by atoms with van der Waals surface area (Å²) in [7, 11) is 0. The molecule has 3 aromatic carbocycles. The van der Waals surface area contributed by atoms with Gasteiger partial charge in [-0.1, -0.05) is 90.5 Å². The molecule has 1 aliphatic rings. The lowest BCUT2D eigenvalue weighted by Gasteiger charge is -2.19. The van der Waals surface area contributed by atoms with Crippen molar-refractivity contribution in [3.63, 3.8) is 0 Å². The van der Waals surface area contributed by atoms with Crippen molar-refractivity contribution in [2.45, 2.75) is 44.8 Å². The van der Waals surface area contributed by atoms with Crippen molar-refractivity contribution in [3.05, 3.63) is 118 Å². The van der Waals surface area contributed by atoms with E-state index < -0.39 is 5.97 Å². The van der Waals surface area contributed by atoms with Gasteiger partial charge in [-0.3, -0.25) is 4.79 Å². The standard InChI is InChI=1S/C33H32ClNS.C2H4O2/c1-23(2)31-9-4-3-7-26(31)15-19-33(36-22-25-10-11-25)28-8-5-6-24(20-28)12-17-30-18-14-27-13-16-29(34)21-32(27)35-30;1-2(3)4/h3-9,12-14,16-18,20-21,25,33H,1,10-11,15,19,22H2,2H3;1H3,(H,3,4)/t33-;/m1./s1.